The summed E-state index contributed by atoms with van der Waals surface area (Å²) in [6, 6.07) is 0. The standard InChI is InChI=1S/C9H13F3O4S/c1-5-6(2-3-9(10,11)12)15-7-4-17(13,14)16-8(5)7/h5-8H,2-4H2,1H3. The lowest BCUT2D eigenvalue weighted by molar-refractivity contribution is -0.142. The van der Waals surface area contributed by atoms with E-state index in [0.29, 0.717) is 0 Å². The molecule has 0 spiro atoms. The minimum absolute atomic E-state index is 0.152. The molecule has 0 saturated carbocycles. The number of hydrogen-bond acceptors (Lipinski definition) is 4. The third kappa shape index (κ3) is 2.92. The number of rotatable bonds is 2. The fourth-order valence-electron chi connectivity index (χ4n) is 2.31. The second kappa shape index (κ2) is 4.10. The van der Waals surface area contributed by atoms with Crippen LogP contribution in [-0.2, 0) is 19.0 Å². The van der Waals surface area contributed by atoms with Gasteiger partial charge in [0.1, 0.15) is 18.0 Å². The zero-order chi connectivity index (χ0) is 12.8. The molecule has 8 heteroatoms. The Bertz CT molecular complexity index is 392. The zero-order valence-corrected chi connectivity index (χ0v) is 9.92. The molecular weight excluding hydrogens is 261 g/mol. The van der Waals surface area contributed by atoms with Crippen LogP contribution in [0.25, 0.3) is 0 Å². The van der Waals surface area contributed by atoms with E-state index in [-0.39, 0.29) is 18.1 Å². The maximum Gasteiger partial charge on any atom is 0.389 e. The van der Waals surface area contributed by atoms with E-state index in [4.69, 9.17) is 8.92 Å². The van der Waals surface area contributed by atoms with Gasteiger partial charge in [-0.05, 0) is 6.42 Å². The number of fused-ring (bicyclic) bond motifs is 1. The monoisotopic (exact) mass is 274 g/mol. The van der Waals surface area contributed by atoms with Crippen LogP contribution >= 0.6 is 0 Å². The smallest absolute Gasteiger partial charge is 0.371 e. The normalized spacial score (nSPS) is 40.5. The highest BCUT2D eigenvalue weighted by molar-refractivity contribution is 7.87. The van der Waals surface area contributed by atoms with Gasteiger partial charge >= 0.3 is 6.18 Å². The molecule has 2 aliphatic rings. The molecule has 4 atom stereocenters. The quantitative estimate of drug-likeness (QED) is 0.715. The summed E-state index contributed by atoms with van der Waals surface area (Å²) in [5.41, 5.74) is 0. The second-order valence-corrected chi connectivity index (χ2v) is 6.15. The number of halogens is 3. The summed E-state index contributed by atoms with van der Waals surface area (Å²) in [7, 11) is -3.55. The summed E-state index contributed by atoms with van der Waals surface area (Å²) in [6.45, 7) is 1.66. The van der Waals surface area contributed by atoms with Crippen LogP contribution in [0.4, 0.5) is 13.2 Å². The first-order chi connectivity index (χ1) is 7.68. The van der Waals surface area contributed by atoms with Crippen molar-refractivity contribution in [2.45, 2.75) is 44.3 Å². The van der Waals surface area contributed by atoms with Gasteiger partial charge in [0, 0.05) is 12.3 Å². The molecule has 2 saturated heterocycles. The van der Waals surface area contributed by atoms with Crippen molar-refractivity contribution in [2.75, 3.05) is 5.75 Å². The van der Waals surface area contributed by atoms with Crippen molar-refractivity contribution >= 4 is 10.1 Å². The Labute approximate surface area is 97.2 Å². The van der Waals surface area contributed by atoms with E-state index >= 15 is 0 Å². The van der Waals surface area contributed by atoms with Crippen molar-refractivity contribution in [3.05, 3.63) is 0 Å². The van der Waals surface area contributed by atoms with E-state index in [0.717, 1.165) is 0 Å². The highest BCUT2D eigenvalue weighted by Crippen LogP contribution is 2.39. The van der Waals surface area contributed by atoms with Crippen molar-refractivity contribution in [3.63, 3.8) is 0 Å². The number of ether oxygens (including phenoxy) is 1. The molecule has 0 bridgehead atoms. The molecule has 2 rings (SSSR count). The summed E-state index contributed by atoms with van der Waals surface area (Å²) < 4.78 is 68.6. The molecule has 0 aliphatic carbocycles. The van der Waals surface area contributed by atoms with E-state index in [2.05, 4.69) is 0 Å². The van der Waals surface area contributed by atoms with Gasteiger partial charge in [-0.25, -0.2) is 0 Å². The van der Waals surface area contributed by atoms with Gasteiger partial charge in [-0.1, -0.05) is 6.92 Å². The predicted octanol–water partition coefficient (Wildman–Crippen LogP) is 1.46. The van der Waals surface area contributed by atoms with Gasteiger partial charge in [0.2, 0.25) is 0 Å². The van der Waals surface area contributed by atoms with Crippen molar-refractivity contribution in [3.8, 4) is 0 Å². The summed E-state index contributed by atoms with van der Waals surface area (Å²) in [5.74, 6) is -0.593. The first-order valence-corrected chi connectivity index (χ1v) is 6.89. The highest BCUT2D eigenvalue weighted by atomic mass is 32.2. The average Bonchev–Trinajstić information content (AvgIpc) is 2.57. The van der Waals surface area contributed by atoms with Crippen LogP contribution in [-0.4, -0.2) is 38.7 Å². The summed E-state index contributed by atoms with van der Waals surface area (Å²) in [6.07, 6.45) is -7.11. The Morgan fingerprint density at radius 3 is 2.53 bits per heavy atom. The summed E-state index contributed by atoms with van der Waals surface area (Å²) in [4.78, 5) is 0. The second-order valence-electron chi connectivity index (χ2n) is 4.51. The molecular formula is C9H13F3O4S. The lowest BCUT2D eigenvalue weighted by Gasteiger charge is -2.18. The third-order valence-corrected chi connectivity index (χ3v) is 4.41. The molecule has 2 fully saturated rings. The molecule has 0 aromatic heterocycles. The van der Waals surface area contributed by atoms with Gasteiger partial charge in [-0.2, -0.15) is 21.6 Å². The Balaban J connectivity index is 1.94. The van der Waals surface area contributed by atoms with Gasteiger partial charge in [0.05, 0.1) is 6.10 Å². The molecule has 100 valence electrons. The van der Waals surface area contributed by atoms with E-state index in [9.17, 15) is 21.6 Å². The zero-order valence-electron chi connectivity index (χ0n) is 9.11. The minimum Gasteiger partial charge on any atom is -0.371 e. The minimum atomic E-state index is -4.21. The van der Waals surface area contributed by atoms with Crippen LogP contribution in [0, 0.1) is 5.92 Å². The first kappa shape index (κ1) is 13.1. The van der Waals surface area contributed by atoms with Crippen molar-refractivity contribution in [2.24, 2.45) is 5.92 Å². The van der Waals surface area contributed by atoms with Gasteiger partial charge in [-0.3, -0.25) is 4.18 Å². The topological polar surface area (TPSA) is 52.6 Å². The fourth-order valence-corrected chi connectivity index (χ4v) is 3.69. The lowest BCUT2D eigenvalue weighted by atomic mass is 9.96. The van der Waals surface area contributed by atoms with E-state index < -0.39 is 41.0 Å². The van der Waals surface area contributed by atoms with Crippen molar-refractivity contribution in [1.82, 2.24) is 0 Å². The average molecular weight is 274 g/mol. The van der Waals surface area contributed by atoms with Crippen LogP contribution in [0.1, 0.15) is 19.8 Å². The summed E-state index contributed by atoms with van der Waals surface area (Å²) >= 11 is 0. The molecule has 17 heavy (non-hydrogen) atoms. The predicted molar refractivity (Wildman–Crippen MR) is 51.8 cm³/mol. The third-order valence-electron chi connectivity index (χ3n) is 3.16. The molecule has 2 aliphatic heterocycles. The van der Waals surface area contributed by atoms with Gasteiger partial charge in [-0.15, -0.1) is 0 Å². The highest BCUT2D eigenvalue weighted by Gasteiger charge is 2.51. The van der Waals surface area contributed by atoms with Crippen LogP contribution in [0.5, 0.6) is 0 Å². The number of hydrogen-bond donors (Lipinski definition) is 0. The largest absolute Gasteiger partial charge is 0.389 e. The maximum absolute atomic E-state index is 12.1. The Morgan fingerprint density at radius 1 is 1.35 bits per heavy atom. The van der Waals surface area contributed by atoms with Gasteiger partial charge < -0.3 is 4.74 Å². The summed E-state index contributed by atoms with van der Waals surface area (Å²) in [5, 5.41) is 0. The van der Waals surface area contributed by atoms with E-state index in [1.165, 1.54) is 0 Å². The molecule has 0 N–H and O–H groups in total. The molecule has 4 nitrogen and oxygen atoms in total. The molecule has 0 amide bonds. The maximum atomic E-state index is 12.1. The van der Waals surface area contributed by atoms with Crippen molar-refractivity contribution in [1.29, 1.82) is 0 Å². The molecule has 0 aromatic rings. The Kier molecular flexibility index (Phi) is 3.16. The molecule has 4 unspecified atom stereocenters. The van der Waals surface area contributed by atoms with Crippen LogP contribution < -0.4 is 0 Å². The van der Waals surface area contributed by atoms with Gasteiger partial charge in [0.15, 0.2) is 0 Å². The molecule has 0 radical (unpaired) electrons. The first-order valence-electron chi connectivity index (χ1n) is 5.31. The lowest BCUT2D eigenvalue weighted by Crippen LogP contribution is -2.24. The Hall–Kier alpha value is -0.340. The van der Waals surface area contributed by atoms with E-state index in [1.807, 2.05) is 0 Å². The van der Waals surface area contributed by atoms with Crippen LogP contribution in [0.15, 0.2) is 0 Å². The van der Waals surface area contributed by atoms with Crippen LogP contribution in [0.2, 0.25) is 0 Å². The van der Waals surface area contributed by atoms with Gasteiger partial charge in [0.25, 0.3) is 10.1 Å². The van der Waals surface area contributed by atoms with Crippen molar-refractivity contribution < 1.29 is 30.5 Å². The number of alkyl halides is 3. The van der Waals surface area contributed by atoms with Crippen LogP contribution in [0.3, 0.4) is 0 Å². The van der Waals surface area contributed by atoms with E-state index in [1.54, 1.807) is 6.92 Å². The Morgan fingerprint density at radius 2 is 2.00 bits per heavy atom. The SMILES string of the molecule is CC1C(CCC(F)(F)F)OC2CS(=O)(=O)OC21. The molecule has 0 aromatic carbocycles. The molecule has 2 heterocycles. The fraction of sp³-hybridized carbons (Fsp3) is 1.00.